The Labute approximate surface area is 153 Å². The zero-order chi connectivity index (χ0) is 19.2. The van der Waals surface area contributed by atoms with Gasteiger partial charge in [-0.15, -0.1) is 0 Å². The van der Waals surface area contributed by atoms with Crippen LogP contribution in [0.3, 0.4) is 0 Å². The van der Waals surface area contributed by atoms with Crippen molar-refractivity contribution in [2.24, 2.45) is 0 Å². The quantitative estimate of drug-likeness (QED) is 0.766. The number of anilines is 1. The fourth-order valence-corrected chi connectivity index (χ4v) is 4.04. The molecule has 0 heterocycles. The van der Waals surface area contributed by atoms with Crippen LogP contribution in [0, 0.1) is 5.82 Å². The lowest BCUT2D eigenvalue weighted by molar-refractivity contribution is -0.120. The molecule has 0 unspecified atom stereocenters. The third kappa shape index (κ3) is 5.05. The second kappa shape index (κ2) is 8.80. The van der Waals surface area contributed by atoms with Crippen LogP contribution in [-0.4, -0.2) is 26.9 Å². The van der Waals surface area contributed by atoms with Gasteiger partial charge in [-0.2, -0.15) is 0 Å². The highest BCUT2D eigenvalue weighted by Crippen LogP contribution is 2.23. The summed E-state index contributed by atoms with van der Waals surface area (Å²) in [7, 11) is -3.96. The Morgan fingerprint density at radius 3 is 2.31 bits per heavy atom. The van der Waals surface area contributed by atoms with Gasteiger partial charge < -0.3 is 5.32 Å². The van der Waals surface area contributed by atoms with Crippen molar-refractivity contribution in [1.82, 2.24) is 5.32 Å². The van der Waals surface area contributed by atoms with Crippen LogP contribution in [0.1, 0.15) is 26.7 Å². The highest BCUT2D eigenvalue weighted by molar-refractivity contribution is 7.92. The average Bonchev–Trinajstić information content (AvgIpc) is 2.61. The average molecular weight is 378 g/mol. The van der Waals surface area contributed by atoms with Gasteiger partial charge in [0.05, 0.1) is 10.6 Å². The van der Waals surface area contributed by atoms with E-state index in [9.17, 15) is 17.6 Å². The summed E-state index contributed by atoms with van der Waals surface area (Å²) in [5, 5.41) is 2.80. The van der Waals surface area contributed by atoms with Crippen molar-refractivity contribution in [1.29, 1.82) is 0 Å². The van der Waals surface area contributed by atoms with Gasteiger partial charge in [0.15, 0.2) is 0 Å². The van der Waals surface area contributed by atoms with E-state index in [0.717, 1.165) is 17.1 Å². The van der Waals surface area contributed by atoms with Gasteiger partial charge in [-0.1, -0.05) is 31.5 Å². The summed E-state index contributed by atoms with van der Waals surface area (Å²) in [5.41, 5.74) is 0.230. The lowest BCUT2D eigenvalue weighted by atomic mass is 10.2. The molecule has 0 aromatic heterocycles. The molecule has 2 aromatic rings. The minimum absolute atomic E-state index is 0.0537. The van der Waals surface area contributed by atoms with Crippen molar-refractivity contribution >= 4 is 21.6 Å². The van der Waals surface area contributed by atoms with Crippen LogP contribution in [0.5, 0.6) is 0 Å². The summed E-state index contributed by atoms with van der Waals surface area (Å²) in [4.78, 5) is 12.4. The Hall–Kier alpha value is -2.41. The van der Waals surface area contributed by atoms with Crippen LogP contribution in [0.4, 0.5) is 10.1 Å². The minimum Gasteiger partial charge on any atom is -0.352 e. The molecule has 0 aliphatic rings. The number of halogens is 1. The molecule has 5 nitrogen and oxygen atoms in total. The van der Waals surface area contributed by atoms with Crippen molar-refractivity contribution in [3.05, 3.63) is 60.4 Å². The van der Waals surface area contributed by atoms with Gasteiger partial charge in [0.25, 0.3) is 10.0 Å². The van der Waals surface area contributed by atoms with Gasteiger partial charge in [-0.3, -0.25) is 9.10 Å². The first-order valence-electron chi connectivity index (χ1n) is 8.47. The van der Waals surface area contributed by atoms with E-state index in [1.165, 1.54) is 36.4 Å². The Bertz CT molecular complexity index is 824. The number of rotatable bonds is 8. The van der Waals surface area contributed by atoms with Crippen LogP contribution >= 0.6 is 0 Å². The Balaban J connectivity index is 2.34. The van der Waals surface area contributed by atoms with E-state index in [1.54, 1.807) is 18.2 Å². The molecule has 0 radical (unpaired) electrons. The lowest BCUT2D eigenvalue weighted by Gasteiger charge is -2.25. The number of benzene rings is 2. The van der Waals surface area contributed by atoms with E-state index >= 15 is 0 Å². The smallest absolute Gasteiger partial charge is 0.264 e. The number of nitrogens with zero attached hydrogens (tertiary/aromatic N) is 1. The van der Waals surface area contributed by atoms with Crippen molar-refractivity contribution in [3.8, 4) is 0 Å². The molecule has 0 fully saturated rings. The third-order valence-corrected chi connectivity index (χ3v) is 5.65. The van der Waals surface area contributed by atoms with E-state index < -0.39 is 21.7 Å². The maximum Gasteiger partial charge on any atom is 0.264 e. The molecule has 0 bridgehead atoms. The van der Waals surface area contributed by atoms with Crippen molar-refractivity contribution in [2.45, 2.75) is 37.6 Å². The number of carbonyl (C=O) groups excluding carboxylic acids is 1. The number of hydrogen-bond acceptors (Lipinski definition) is 3. The Morgan fingerprint density at radius 1 is 1.12 bits per heavy atom. The summed E-state index contributed by atoms with van der Waals surface area (Å²) in [6.07, 6.45) is 1.71. The molecule has 0 saturated heterocycles. The summed E-state index contributed by atoms with van der Waals surface area (Å²) in [6.45, 7) is 3.50. The molecule has 1 amide bonds. The van der Waals surface area contributed by atoms with Crippen LogP contribution in [0.25, 0.3) is 0 Å². The van der Waals surface area contributed by atoms with Crippen LogP contribution in [0.15, 0.2) is 59.5 Å². The predicted molar refractivity (Wildman–Crippen MR) is 99.9 cm³/mol. The van der Waals surface area contributed by atoms with Crippen LogP contribution in [0.2, 0.25) is 0 Å². The summed E-state index contributed by atoms with van der Waals surface area (Å²) in [6, 6.07) is 12.8. The zero-order valence-corrected chi connectivity index (χ0v) is 15.7. The number of hydrogen-bond donors (Lipinski definition) is 1. The fourth-order valence-electron chi connectivity index (χ4n) is 2.60. The molecule has 7 heteroatoms. The SMILES string of the molecule is CCC[C@@H](C)NC(=O)CN(c1ccc(F)cc1)S(=O)(=O)c1ccccc1. The standard InChI is InChI=1S/C19H23FN2O3S/c1-3-7-15(2)21-19(23)14-22(17-12-10-16(20)11-13-17)26(24,25)18-8-5-4-6-9-18/h4-6,8-13,15H,3,7,14H2,1-2H3,(H,21,23)/t15-/m1/s1. The van der Waals surface area contributed by atoms with Gasteiger partial charge in [0.1, 0.15) is 12.4 Å². The lowest BCUT2D eigenvalue weighted by Crippen LogP contribution is -2.43. The Morgan fingerprint density at radius 2 is 1.73 bits per heavy atom. The first-order chi connectivity index (χ1) is 12.3. The van der Waals surface area contributed by atoms with Crippen molar-refractivity contribution in [2.75, 3.05) is 10.8 Å². The minimum atomic E-state index is -3.96. The van der Waals surface area contributed by atoms with Crippen molar-refractivity contribution in [3.63, 3.8) is 0 Å². The fraction of sp³-hybridized carbons (Fsp3) is 0.316. The molecule has 1 N–H and O–H groups in total. The van der Waals surface area contributed by atoms with Gasteiger partial charge in [-0.25, -0.2) is 12.8 Å². The number of nitrogens with one attached hydrogen (secondary N) is 1. The summed E-state index contributed by atoms with van der Waals surface area (Å²) in [5.74, 6) is -0.887. The zero-order valence-electron chi connectivity index (χ0n) is 14.9. The van der Waals surface area contributed by atoms with Gasteiger partial charge in [0, 0.05) is 6.04 Å². The van der Waals surface area contributed by atoms with Crippen LogP contribution < -0.4 is 9.62 Å². The Kier molecular flexibility index (Phi) is 6.74. The summed E-state index contributed by atoms with van der Waals surface area (Å²) >= 11 is 0. The van der Waals surface area contributed by atoms with Crippen molar-refractivity contribution < 1.29 is 17.6 Å². The van der Waals surface area contributed by atoms with E-state index in [0.29, 0.717) is 0 Å². The molecule has 2 aromatic carbocycles. The molecule has 0 saturated carbocycles. The molecule has 0 aliphatic carbocycles. The third-order valence-electron chi connectivity index (χ3n) is 3.86. The van der Waals surface area contributed by atoms with Crippen LogP contribution in [-0.2, 0) is 14.8 Å². The molecule has 0 spiro atoms. The maximum absolute atomic E-state index is 13.2. The first-order valence-corrected chi connectivity index (χ1v) is 9.91. The highest BCUT2D eigenvalue weighted by Gasteiger charge is 2.27. The summed E-state index contributed by atoms with van der Waals surface area (Å²) < 4.78 is 40.3. The van der Waals surface area contributed by atoms with E-state index in [-0.39, 0.29) is 23.2 Å². The first kappa shape index (κ1) is 19.9. The topological polar surface area (TPSA) is 66.5 Å². The number of amides is 1. The molecule has 0 aliphatic heterocycles. The van der Waals surface area contributed by atoms with E-state index in [4.69, 9.17) is 0 Å². The largest absolute Gasteiger partial charge is 0.352 e. The predicted octanol–water partition coefficient (Wildman–Crippen LogP) is 3.33. The highest BCUT2D eigenvalue weighted by atomic mass is 32.2. The van der Waals surface area contributed by atoms with E-state index in [1.807, 2.05) is 13.8 Å². The molecule has 2 rings (SSSR count). The number of sulfonamides is 1. The molecule has 26 heavy (non-hydrogen) atoms. The molecular formula is C19H23FN2O3S. The second-order valence-electron chi connectivity index (χ2n) is 6.06. The van der Waals surface area contributed by atoms with Gasteiger partial charge >= 0.3 is 0 Å². The number of carbonyl (C=O) groups is 1. The normalized spacial score (nSPS) is 12.4. The second-order valence-corrected chi connectivity index (χ2v) is 7.92. The molecular weight excluding hydrogens is 355 g/mol. The van der Waals surface area contributed by atoms with E-state index in [2.05, 4.69) is 5.32 Å². The monoisotopic (exact) mass is 378 g/mol. The van der Waals surface area contributed by atoms with Gasteiger partial charge in [-0.05, 0) is 49.7 Å². The molecule has 1 atom stereocenters. The molecule has 140 valence electrons. The maximum atomic E-state index is 13.2. The van der Waals surface area contributed by atoms with Gasteiger partial charge in [0.2, 0.25) is 5.91 Å².